The fraction of sp³-hybridized carbons (Fsp3) is 0.500. The van der Waals surface area contributed by atoms with Crippen molar-refractivity contribution in [1.82, 2.24) is 14.9 Å². The van der Waals surface area contributed by atoms with Crippen molar-refractivity contribution in [2.24, 2.45) is 5.92 Å². The molecule has 0 amide bonds. The van der Waals surface area contributed by atoms with E-state index in [4.69, 9.17) is 0 Å². The maximum atomic E-state index is 14.1. The number of rotatable bonds is 4. The van der Waals surface area contributed by atoms with Gasteiger partial charge in [-0.1, -0.05) is 6.07 Å². The highest BCUT2D eigenvalue weighted by molar-refractivity contribution is 5.43. The van der Waals surface area contributed by atoms with Gasteiger partial charge in [0, 0.05) is 57.6 Å². The average molecular weight is 373 g/mol. The van der Waals surface area contributed by atoms with Gasteiger partial charge in [0.25, 0.3) is 0 Å². The van der Waals surface area contributed by atoms with Crippen LogP contribution in [-0.2, 0) is 6.54 Å². The van der Waals surface area contributed by atoms with Crippen LogP contribution in [-0.4, -0.2) is 54.6 Å². The Morgan fingerprint density at radius 1 is 1.15 bits per heavy atom. The molecule has 4 rings (SSSR count). The largest absolute Gasteiger partial charge is 0.363 e. The van der Waals surface area contributed by atoms with E-state index in [1.807, 2.05) is 25.1 Å². The first kappa shape index (κ1) is 18.1. The second kappa shape index (κ2) is 7.38. The van der Waals surface area contributed by atoms with Crippen molar-refractivity contribution in [2.45, 2.75) is 25.4 Å². The highest BCUT2D eigenvalue weighted by Gasteiger charge is 2.39. The van der Waals surface area contributed by atoms with Gasteiger partial charge >= 0.3 is 0 Å². The number of hydrogen-bond acceptors (Lipinski definition) is 5. The van der Waals surface area contributed by atoms with Crippen LogP contribution in [0.15, 0.2) is 30.5 Å². The minimum Gasteiger partial charge on any atom is -0.363 e. The first-order valence-corrected chi connectivity index (χ1v) is 9.44. The maximum Gasteiger partial charge on any atom is 0.227 e. The summed E-state index contributed by atoms with van der Waals surface area (Å²) in [5.74, 6) is 1.26. The summed E-state index contributed by atoms with van der Waals surface area (Å²) >= 11 is 0. The van der Waals surface area contributed by atoms with Crippen LogP contribution in [0.25, 0.3) is 0 Å². The molecule has 0 bridgehead atoms. The molecule has 2 aliphatic heterocycles. The van der Waals surface area contributed by atoms with Crippen LogP contribution in [0.5, 0.6) is 0 Å². The van der Waals surface area contributed by atoms with E-state index < -0.39 is 11.6 Å². The fourth-order valence-corrected chi connectivity index (χ4v) is 4.22. The minimum absolute atomic E-state index is 0.342. The van der Waals surface area contributed by atoms with Gasteiger partial charge in [0.15, 0.2) is 0 Å². The lowest BCUT2D eigenvalue weighted by Gasteiger charge is -2.38. The van der Waals surface area contributed by atoms with Gasteiger partial charge in [-0.05, 0) is 37.4 Å². The zero-order valence-corrected chi connectivity index (χ0v) is 15.8. The van der Waals surface area contributed by atoms with Gasteiger partial charge in [-0.3, -0.25) is 4.90 Å². The van der Waals surface area contributed by atoms with Crippen molar-refractivity contribution in [3.63, 3.8) is 0 Å². The van der Waals surface area contributed by atoms with E-state index in [1.165, 1.54) is 6.07 Å². The van der Waals surface area contributed by atoms with Gasteiger partial charge in [-0.25, -0.2) is 13.8 Å². The van der Waals surface area contributed by atoms with Crippen LogP contribution in [0.2, 0.25) is 0 Å². The predicted molar refractivity (Wildman–Crippen MR) is 102 cm³/mol. The highest BCUT2D eigenvalue weighted by atomic mass is 19.1. The van der Waals surface area contributed by atoms with Crippen molar-refractivity contribution < 1.29 is 8.78 Å². The molecule has 2 fully saturated rings. The van der Waals surface area contributed by atoms with Crippen molar-refractivity contribution in [3.05, 3.63) is 47.7 Å². The molecule has 2 atom stereocenters. The highest BCUT2D eigenvalue weighted by Crippen LogP contribution is 2.34. The first-order valence-electron chi connectivity index (χ1n) is 9.44. The van der Waals surface area contributed by atoms with E-state index in [0.29, 0.717) is 24.1 Å². The number of fused-ring (bicyclic) bond motifs is 1. The zero-order valence-electron chi connectivity index (χ0n) is 15.8. The molecule has 0 N–H and O–H groups in total. The molecule has 0 aliphatic carbocycles. The SMILES string of the molecule is CN(C)c1ccnc(N2CCC3CCN(Cc4ccc(F)cc4F)C3C2)n1. The van der Waals surface area contributed by atoms with Crippen LogP contribution >= 0.6 is 0 Å². The summed E-state index contributed by atoms with van der Waals surface area (Å²) in [6.45, 7) is 3.24. The van der Waals surface area contributed by atoms with Gasteiger partial charge in [0.2, 0.25) is 5.95 Å². The van der Waals surface area contributed by atoms with E-state index in [1.54, 1.807) is 12.3 Å². The standard InChI is InChI=1S/C20H25F2N5/c1-25(2)19-5-8-23-20(24-19)27-10-7-14-6-9-26(18(14)13-27)12-15-3-4-16(21)11-17(15)22/h3-5,8,11,14,18H,6-7,9-10,12-13H2,1-2H3. The third kappa shape index (κ3) is 3.74. The summed E-state index contributed by atoms with van der Waals surface area (Å²) in [6, 6.07) is 6.10. The number of likely N-dealkylation sites (tertiary alicyclic amines) is 1. The van der Waals surface area contributed by atoms with Gasteiger partial charge in [-0.2, -0.15) is 4.98 Å². The Bertz CT molecular complexity index is 813. The van der Waals surface area contributed by atoms with E-state index in [-0.39, 0.29) is 0 Å². The van der Waals surface area contributed by atoms with Gasteiger partial charge in [0.05, 0.1) is 0 Å². The molecule has 2 unspecified atom stereocenters. The van der Waals surface area contributed by atoms with E-state index >= 15 is 0 Å². The number of piperidine rings is 1. The third-order valence-corrected chi connectivity index (χ3v) is 5.74. The average Bonchev–Trinajstić information content (AvgIpc) is 3.06. The van der Waals surface area contributed by atoms with Gasteiger partial charge < -0.3 is 9.80 Å². The number of benzene rings is 1. The number of nitrogens with zero attached hydrogens (tertiary/aromatic N) is 5. The predicted octanol–water partition coefficient (Wildman–Crippen LogP) is 2.92. The molecule has 144 valence electrons. The quantitative estimate of drug-likeness (QED) is 0.824. The van der Waals surface area contributed by atoms with Crippen LogP contribution in [0.1, 0.15) is 18.4 Å². The van der Waals surface area contributed by atoms with E-state index in [0.717, 1.165) is 50.3 Å². The Labute approximate surface area is 158 Å². The molecule has 7 heteroatoms. The molecule has 2 saturated heterocycles. The van der Waals surface area contributed by atoms with Crippen molar-refractivity contribution in [1.29, 1.82) is 0 Å². The monoisotopic (exact) mass is 373 g/mol. The fourth-order valence-electron chi connectivity index (χ4n) is 4.22. The van der Waals surface area contributed by atoms with Crippen molar-refractivity contribution in [3.8, 4) is 0 Å². The normalized spacial score (nSPS) is 22.7. The van der Waals surface area contributed by atoms with Gasteiger partial charge in [-0.15, -0.1) is 0 Å². The Balaban J connectivity index is 1.50. The summed E-state index contributed by atoms with van der Waals surface area (Å²) in [4.78, 5) is 15.6. The molecule has 1 aromatic carbocycles. The summed E-state index contributed by atoms with van der Waals surface area (Å²) < 4.78 is 27.3. The maximum absolute atomic E-state index is 14.1. The molecule has 0 radical (unpaired) electrons. The van der Waals surface area contributed by atoms with Crippen LogP contribution in [0.3, 0.4) is 0 Å². The summed E-state index contributed by atoms with van der Waals surface area (Å²) in [6.07, 6.45) is 4.01. The Morgan fingerprint density at radius 3 is 2.74 bits per heavy atom. The van der Waals surface area contributed by atoms with E-state index in [9.17, 15) is 8.78 Å². The molecule has 0 saturated carbocycles. The lowest BCUT2D eigenvalue weighted by molar-refractivity contribution is 0.198. The molecule has 2 aromatic rings. The molecular formula is C20H25F2N5. The molecule has 1 aromatic heterocycles. The molecule has 0 spiro atoms. The van der Waals surface area contributed by atoms with E-state index in [2.05, 4.69) is 19.8 Å². The zero-order chi connectivity index (χ0) is 19.0. The molecule has 3 heterocycles. The summed E-state index contributed by atoms with van der Waals surface area (Å²) in [5, 5.41) is 0. The smallest absolute Gasteiger partial charge is 0.227 e. The minimum atomic E-state index is -0.530. The molecular weight excluding hydrogens is 348 g/mol. The first-order chi connectivity index (χ1) is 13.0. The number of anilines is 2. The van der Waals surface area contributed by atoms with Crippen molar-refractivity contribution >= 4 is 11.8 Å². The van der Waals surface area contributed by atoms with Crippen LogP contribution < -0.4 is 9.80 Å². The summed E-state index contributed by atoms with van der Waals surface area (Å²) in [7, 11) is 3.93. The Hall–Kier alpha value is -2.28. The second-order valence-electron chi connectivity index (χ2n) is 7.67. The number of halogens is 2. The molecule has 27 heavy (non-hydrogen) atoms. The summed E-state index contributed by atoms with van der Waals surface area (Å²) in [5.41, 5.74) is 0.556. The lowest BCUT2D eigenvalue weighted by atomic mass is 9.92. The Kier molecular flexibility index (Phi) is 4.95. The van der Waals surface area contributed by atoms with Gasteiger partial charge in [0.1, 0.15) is 17.5 Å². The molecule has 5 nitrogen and oxygen atoms in total. The second-order valence-corrected chi connectivity index (χ2v) is 7.67. The van der Waals surface area contributed by atoms with Crippen LogP contribution in [0, 0.1) is 17.6 Å². The Morgan fingerprint density at radius 2 is 1.96 bits per heavy atom. The van der Waals surface area contributed by atoms with Crippen molar-refractivity contribution in [2.75, 3.05) is 43.5 Å². The lowest BCUT2D eigenvalue weighted by Crippen LogP contribution is -2.48. The number of hydrogen-bond donors (Lipinski definition) is 0. The van der Waals surface area contributed by atoms with Crippen LogP contribution in [0.4, 0.5) is 20.5 Å². The molecule has 2 aliphatic rings. The third-order valence-electron chi connectivity index (χ3n) is 5.74. The number of aromatic nitrogens is 2. The topological polar surface area (TPSA) is 35.5 Å².